The van der Waals surface area contributed by atoms with Gasteiger partial charge in [-0.1, -0.05) is 30.3 Å². The highest BCUT2D eigenvalue weighted by Gasteiger charge is 2.34. The molecule has 166 valence electrons. The van der Waals surface area contributed by atoms with E-state index in [0.29, 0.717) is 23.9 Å². The van der Waals surface area contributed by atoms with Gasteiger partial charge in [-0.05, 0) is 35.6 Å². The second-order valence-electron chi connectivity index (χ2n) is 7.83. The maximum absolute atomic E-state index is 13.4. The number of halogens is 3. The Balaban J connectivity index is 1.68. The third-order valence-electron chi connectivity index (χ3n) is 5.58. The average Bonchev–Trinajstić information content (AvgIpc) is 3.12. The summed E-state index contributed by atoms with van der Waals surface area (Å²) in [6, 6.07) is 11.3. The van der Waals surface area contributed by atoms with Gasteiger partial charge < -0.3 is 15.6 Å². The van der Waals surface area contributed by atoms with E-state index in [1.807, 2.05) is 0 Å². The van der Waals surface area contributed by atoms with Crippen molar-refractivity contribution in [2.45, 2.75) is 31.5 Å². The van der Waals surface area contributed by atoms with Crippen molar-refractivity contribution in [3.05, 3.63) is 70.0 Å². The number of rotatable bonds is 4. The van der Waals surface area contributed by atoms with E-state index in [-0.39, 0.29) is 34.5 Å². The number of fused-ring (bicyclic) bond motifs is 1. The number of carbonyl (C=O) groups excluding carboxylic acids is 2. The summed E-state index contributed by atoms with van der Waals surface area (Å²) in [5.74, 6) is -0.877. The van der Waals surface area contributed by atoms with Gasteiger partial charge in [-0.3, -0.25) is 14.4 Å². The summed E-state index contributed by atoms with van der Waals surface area (Å²) >= 11 is 0. The van der Waals surface area contributed by atoms with E-state index in [9.17, 15) is 27.6 Å². The van der Waals surface area contributed by atoms with Crippen LogP contribution in [0.15, 0.2) is 53.3 Å². The number of alkyl halides is 3. The maximum atomic E-state index is 13.4. The van der Waals surface area contributed by atoms with Gasteiger partial charge in [-0.2, -0.15) is 13.2 Å². The Hall–Kier alpha value is -3.62. The van der Waals surface area contributed by atoms with Crippen LogP contribution in [-0.2, 0) is 15.8 Å². The van der Waals surface area contributed by atoms with Crippen molar-refractivity contribution in [1.29, 1.82) is 0 Å². The first-order valence-corrected chi connectivity index (χ1v) is 10.0. The van der Waals surface area contributed by atoms with Gasteiger partial charge in [0, 0.05) is 36.2 Å². The molecule has 0 bridgehead atoms. The molecule has 2 aromatic carbocycles. The van der Waals surface area contributed by atoms with Crippen molar-refractivity contribution in [1.82, 2.24) is 15.6 Å². The van der Waals surface area contributed by atoms with Crippen LogP contribution in [0.5, 0.6) is 0 Å². The van der Waals surface area contributed by atoms with Gasteiger partial charge in [0.2, 0.25) is 11.8 Å². The molecular weight excluding hydrogens is 423 g/mol. The number of nitrogens with one attached hydrogen (secondary N) is 3. The summed E-state index contributed by atoms with van der Waals surface area (Å²) in [5.41, 5.74) is -0.783. The molecule has 2 amide bonds. The number of amides is 2. The van der Waals surface area contributed by atoms with E-state index in [1.54, 1.807) is 18.2 Å². The second kappa shape index (κ2) is 8.14. The lowest BCUT2D eigenvalue weighted by molar-refractivity contribution is -0.137. The molecule has 32 heavy (non-hydrogen) atoms. The van der Waals surface area contributed by atoms with E-state index in [2.05, 4.69) is 15.6 Å². The van der Waals surface area contributed by atoms with Crippen molar-refractivity contribution in [2.75, 3.05) is 6.54 Å². The predicted molar refractivity (Wildman–Crippen MR) is 113 cm³/mol. The fraction of sp³-hybridized carbons (Fsp3) is 0.261. The van der Waals surface area contributed by atoms with E-state index >= 15 is 0 Å². The lowest BCUT2D eigenvalue weighted by atomic mass is 9.93. The molecule has 9 heteroatoms. The molecule has 0 spiro atoms. The lowest BCUT2D eigenvalue weighted by Gasteiger charge is -2.14. The van der Waals surface area contributed by atoms with Gasteiger partial charge in [-0.15, -0.1) is 0 Å². The average molecular weight is 443 g/mol. The second-order valence-corrected chi connectivity index (χ2v) is 7.83. The summed E-state index contributed by atoms with van der Waals surface area (Å²) < 4.78 is 40.2. The van der Waals surface area contributed by atoms with Crippen LogP contribution in [-0.4, -0.2) is 29.4 Å². The lowest BCUT2D eigenvalue weighted by Crippen LogP contribution is -2.37. The first-order valence-electron chi connectivity index (χ1n) is 10.0. The van der Waals surface area contributed by atoms with E-state index in [0.717, 1.165) is 6.07 Å². The highest BCUT2D eigenvalue weighted by molar-refractivity contribution is 5.90. The normalized spacial score (nSPS) is 18.6. The number of carbonyl (C=O) groups is 2. The molecule has 4 rings (SSSR count). The molecule has 2 atom stereocenters. The zero-order chi connectivity index (χ0) is 23.0. The van der Waals surface area contributed by atoms with Crippen LogP contribution in [0.3, 0.4) is 0 Å². The van der Waals surface area contributed by atoms with Crippen molar-refractivity contribution in [3.63, 3.8) is 0 Å². The van der Waals surface area contributed by atoms with Crippen LogP contribution in [0.25, 0.3) is 22.0 Å². The molecule has 0 saturated carbocycles. The van der Waals surface area contributed by atoms with Gasteiger partial charge in [0.15, 0.2) is 0 Å². The Kier molecular flexibility index (Phi) is 5.50. The Morgan fingerprint density at radius 1 is 1.12 bits per heavy atom. The van der Waals surface area contributed by atoms with Crippen molar-refractivity contribution >= 4 is 22.6 Å². The van der Waals surface area contributed by atoms with E-state index < -0.39 is 23.2 Å². The van der Waals surface area contributed by atoms with E-state index in [1.165, 1.54) is 31.2 Å². The smallest absolute Gasteiger partial charge is 0.354 e. The summed E-state index contributed by atoms with van der Waals surface area (Å²) in [5, 5.41) is 6.25. The highest BCUT2D eigenvalue weighted by Crippen LogP contribution is 2.37. The number of hydrogen-bond donors (Lipinski definition) is 3. The zero-order valence-electron chi connectivity index (χ0n) is 17.0. The van der Waals surface area contributed by atoms with Gasteiger partial charge >= 0.3 is 6.18 Å². The van der Waals surface area contributed by atoms with Crippen LogP contribution in [0.4, 0.5) is 13.2 Å². The first kappa shape index (κ1) is 21.6. The van der Waals surface area contributed by atoms with Crippen LogP contribution < -0.4 is 16.2 Å². The Morgan fingerprint density at radius 3 is 2.59 bits per heavy atom. The largest absolute Gasteiger partial charge is 0.417 e. The summed E-state index contributed by atoms with van der Waals surface area (Å²) in [6.45, 7) is 1.71. The molecule has 0 radical (unpaired) electrons. The quantitative estimate of drug-likeness (QED) is 0.578. The highest BCUT2D eigenvalue weighted by atomic mass is 19.4. The van der Waals surface area contributed by atoms with Crippen LogP contribution in [0, 0.1) is 0 Å². The first-order chi connectivity index (χ1) is 15.1. The Morgan fingerprint density at radius 2 is 1.88 bits per heavy atom. The minimum atomic E-state index is -4.56. The minimum Gasteiger partial charge on any atom is -0.354 e. The molecule has 2 heterocycles. The molecule has 1 aliphatic heterocycles. The molecule has 3 aromatic rings. The fourth-order valence-electron chi connectivity index (χ4n) is 4.05. The number of H-pyrrole nitrogens is 1. The molecule has 6 nitrogen and oxygen atoms in total. The minimum absolute atomic E-state index is 0.0668. The molecule has 0 aliphatic carbocycles. The Labute approximate surface area is 180 Å². The van der Waals surface area contributed by atoms with Crippen molar-refractivity contribution in [3.8, 4) is 11.3 Å². The number of pyridine rings is 1. The molecular formula is C23H20F3N3O3. The SMILES string of the molecule is CC(=O)NCC1CC(c2ccc3cc(-c4ccccc4C(F)(F)F)[nH]c(=O)c3c2)C(=O)N1. The van der Waals surface area contributed by atoms with Gasteiger partial charge in [-0.25, -0.2) is 0 Å². The van der Waals surface area contributed by atoms with Crippen LogP contribution >= 0.6 is 0 Å². The molecule has 1 fully saturated rings. The third kappa shape index (κ3) is 4.23. The Bertz CT molecular complexity index is 1270. The molecule has 1 aromatic heterocycles. The number of aromatic nitrogens is 1. The molecule has 2 unspecified atom stereocenters. The number of benzene rings is 2. The topological polar surface area (TPSA) is 91.1 Å². The van der Waals surface area contributed by atoms with Crippen molar-refractivity contribution in [2.24, 2.45) is 0 Å². The van der Waals surface area contributed by atoms with Crippen LogP contribution in [0.2, 0.25) is 0 Å². The van der Waals surface area contributed by atoms with E-state index in [4.69, 9.17) is 0 Å². The van der Waals surface area contributed by atoms with Crippen molar-refractivity contribution < 1.29 is 22.8 Å². The zero-order valence-corrected chi connectivity index (χ0v) is 17.0. The number of hydrogen-bond acceptors (Lipinski definition) is 3. The standard InChI is InChI=1S/C23H20F3N3O3/c1-12(30)27-11-15-10-18(21(31)28-15)13-6-7-14-9-20(29-22(32)17(14)8-13)16-4-2-3-5-19(16)23(24,25)26/h2-9,15,18H,10-11H2,1H3,(H,27,30)(H,28,31)(H,29,32). The van der Waals surface area contributed by atoms with Gasteiger partial charge in [0.1, 0.15) is 0 Å². The predicted octanol–water partition coefficient (Wildman–Crippen LogP) is 3.32. The van der Waals surface area contributed by atoms with Gasteiger partial charge in [0.25, 0.3) is 5.56 Å². The fourth-order valence-corrected chi connectivity index (χ4v) is 4.05. The van der Waals surface area contributed by atoms with Crippen LogP contribution in [0.1, 0.15) is 30.4 Å². The number of aromatic amines is 1. The third-order valence-corrected chi connectivity index (χ3v) is 5.58. The summed E-state index contributed by atoms with van der Waals surface area (Å²) in [7, 11) is 0. The molecule has 1 saturated heterocycles. The summed E-state index contributed by atoms with van der Waals surface area (Å²) in [6.07, 6.45) is -4.10. The van der Waals surface area contributed by atoms with Gasteiger partial charge in [0.05, 0.1) is 11.5 Å². The molecule has 1 aliphatic rings. The summed E-state index contributed by atoms with van der Waals surface area (Å²) in [4.78, 5) is 38.8. The maximum Gasteiger partial charge on any atom is 0.417 e. The molecule has 3 N–H and O–H groups in total. The monoisotopic (exact) mass is 443 g/mol.